The predicted octanol–water partition coefficient (Wildman–Crippen LogP) is 4.34. The van der Waals surface area contributed by atoms with Gasteiger partial charge in [-0.3, -0.25) is 14.4 Å². The van der Waals surface area contributed by atoms with Gasteiger partial charge >= 0.3 is 12.1 Å². The molecule has 2 N–H and O–H groups in total. The van der Waals surface area contributed by atoms with Crippen LogP contribution in [0.4, 0.5) is 4.79 Å². The average Bonchev–Trinajstić information content (AvgIpc) is 3.40. The zero-order valence-electron chi connectivity index (χ0n) is 32.0. The molecule has 4 amide bonds. The van der Waals surface area contributed by atoms with E-state index in [-0.39, 0.29) is 18.3 Å². The highest BCUT2D eigenvalue weighted by atomic mass is 16.6. The lowest BCUT2D eigenvalue weighted by Gasteiger charge is -2.34. The monoisotopic (exact) mass is 701 g/mol. The topological polar surface area (TPSA) is 149 Å². The number of rotatable bonds is 17. The first kappa shape index (κ1) is 41.9. The Labute approximate surface area is 297 Å². The fourth-order valence-corrected chi connectivity index (χ4v) is 5.96. The van der Waals surface area contributed by atoms with Gasteiger partial charge in [-0.15, -0.1) is 0 Å². The number of ether oxygens (including phenoxy) is 2. The Morgan fingerprint density at radius 1 is 0.880 bits per heavy atom. The molecule has 5 atom stereocenters. The first-order valence-electron chi connectivity index (χ1n) is 17.4. The number of aromatic nitrogens is 1. The standard InChI is InChI=1S/C37H59N5O8/c1-13-16-24(4)20-29(33(44)40(9)25(5)35(46)48-11)38-32(43)31(21-26-22-42(49-12)30-18-15-14-17-27(26)30)41(10)34(45)28(19-23(2)3)39-36(47)50-37(6,7)8/h14-15,17-18,22-25,28-29,31H,13,16,19-21H2,1-12H3,(H,38,43)(H,39,47)/t24-,25+,28+,29+,31+/m1/s1. The van der Waals surface area contributed by atoms with Crippen LogP contribution in [0, 0.1) is 11.8 Å². The van der Waals surface area contributed by atoms with Crippen LogP contribution in [0.1, 0.15) is 86.6 Å². The van der Waals surface area contributed by atoms with Gasteiger partial charge in [-0.1, -0.05) is 58.7 Å². The van der Waals surface area contributed by atoms with Gasteiger partial charge in [-0.05, 0) is 64.0 Å². The van der Waals surface area contributed by atoms with Gasteiger partial charge in [0.15, 0.2) is 0 Å². The molecule has 0 saturated carbocycles. The number of methoxy groups -OCH3 is 1. The third kappa shape index (κ3) is 11.7. The summed E-state index contributed by atoms with van der Waals surface area (Å²) in [5, 5.41) is 6.49. The van der Waals surface area contributed by atoms with Crippen molar-refractivity contribution < 1.29 is 38.3 Å². The van der Waals surface area contributed by atoms with Crippen molar-refractivity contribution in [1.29, 1.82) is 0 Å². The molecule has 13 heteroatoms. The van der Waals surface area contributed by atoms with Crippen LogP contribution in [0.5, 0.6) is 0 Å². The number of benzene rings is 1. The predicted molar refractivity (Wildman–Crippen MR) is 192 cm³/mol. The van der Waals surface area contributed by atoms with Gasteiger partial charge in [-0.2, -0.15) is 4.73 Å². The average molecular weight is 702 g/mol. The van der Waals surface area contributed by atoms with E-state index in [0.29, 0.717) is 12.8 Å². The number of nitrogens with one attached hydrogen (secondary N) is 2. The first-order chi connectivity index (χ1) is 23.3. The van der Waals surface area contributed by atoms with E-state index in [1.54, 1.807) is 38.6 Å². The molecule has 0 unspecified atom stereocenters. The molecule has 50 heavy (non-hydrogen) atoms. The Bertz CT molecular complexity index is 1470. The Kier molecular flexibility index (Phi) is 15.6. The highest BCUT2D eigenvalue weighted by Crippen LogP contribution is 2.24. The molecule has 1 aromatic carbocycles. The summed E-state index contributed by atoms with van der Waals surface area (Å²) in [5.74, 6) is -1.99. The third-order valence-electron chi connectivity index (χ3n) is 8.69. The second-order valence-corrected chi connectivity index (χ2v) is 14.5. The van der Waals surface area contributed by atoms with E-state index in [9.17, 15) is 24.0 Å². The second kappa shape index (κ2) is 18.6. The van der Waals surface area contributed by atoms with Crippen molar-refractivity contribution in [2.75, 3.05) is 28.3 Å². The van der Waals surface area contributed by atoms with E-state index in [1.807, 2.05) is 52.0 Å². The van der Waals surface area contributed by atoms with E-state index >= 15 is 0 Å². The Morgan fingerprint density at radius 2 is 1.48 bits per heavy atom. The van der Waals surface area contributed by atoms with Crippen molar-refractivity contribution in [3.8, 4) is 0 Å². The number of likely N-dealkylation sites (N-methyl/N-ethyl adjacent to an activating group) is 2. The molecule has 1 aromatic heterocycles. The van der Waals surface area contributed by atoms with E-state index in [4.69, 9.17) is 14.3 Å². The molecule has 280 valence electrons. The van der Waals surface area contributed by atoms with Crippen molar-refractivity contribution in [3.05, 3.63) is 36.0 Å². The minimum atomic E-state index is -1.10. The number of esters is 1. The fourth-order valence-electron chi connectivity index (χ4n) is 5.96. The molecule has 0 radical (unpaired) electrons. The number of carbonyl (C=O) groups excluding carboxylic acids is 5. The maximum atomic E-state index is 14.5. The van der Waals surface area contributed by atoms with Crippen molar-refractivity contribution in [2.24, 2.45) is 11.8 Å². The van der Waals surface area contributed by atoms with Gasteiger partial charge in [0, 0.05) is 32.1 Å². The number of carbonyl (C=O) groups is 5. The summed E-state index contributed by atoms with van der Waals surface area (Å²) in [4.78, 5) is 75.9. The lowest BCUT2D eigenvalue weighted by atomic mass is 9.95. The minimum Gasteiger partial charge on any atom is -0.467 e. The van der Waals surface area contributed by atoms with Crippen LogP contribution >= 0.6 is 0 Å². The summed E-state index contributed by atoms with van der Waals surface area (Å²) in [5.41, 5.74) is 0.734. The summed E-state index contributed by atoms with van der Waals surface area (Å²) >= 11 is 0. The second-order valence-electron chi connectivity index (χ2n) is 14.5. The van der Waals surface area contributed by atoms with E-state index in [0.717, 1.165) is 29.3 Å². The third-order valence-corrected chi connectivity index (χ3v) is 8.69. The summed E-state index contributed by atoms with van der Waals surface area (Å²) in [6, 6.07) is 3.58. The molecule has 1 heterocycles. The maximum Gasteiger partial charge on any atom is 0.408 e. The van der Waals surface area contributed by atoms with Crippen LogP contribution in [-0.4, -0.2) is 102 Å². The van der Waals surface area contributed by atoms with Gasteiger partial charge in [-0.25, -0.2) is 9.59 Å². The number of hydrogen-bond donors (Lipinski definition) is 2. The highest BCUT2D eigenvalue weighted by molar-refractivity contribution is 5.95. The van der Waals surface area contributed by atoms with Crippen molar-refractivity contribution in [1.82, 2.24) is 25.2 Å². The van der Waals surface area contributed by atoms with Crippen LogP contribution in [0.2, 0.25) is 0 Å². The molecule has 2 aromatic rings. The molecule has 13 nitrogen and oxygen atoms in total. The lowest BCUT2D eigenvalue weighted by molar-refractivity contribution is -0.152. The molecule has 2 rings (SSSR count). The summed E-state index contributed by atoms with van der Waals surface area (Å²) in [6.07, 6.45) is 3.42. The van der Waals surface area contributed by atoms with Crippen LogP contribution < -0.4 is 15.5 Å². The lowest BCUT2D eigenvalue weighted by Crippen LogP contribution is -2.59. The van der Waals surface area contributed by atoms with Gasteiger partial charge in [0.2, 0.25) is 17.7 Å². The number of alkyl carbamates (subject to hydrolysis) is 1. The smallest absolute Gasteiger partial charge is 0.408 e. The largest absolute Gasteiger partial charge is 0.467 e. The fraction of sp³-hybridized carbons (Fsp3) is 0.649. The Hall–Kier alpha value is -4.29. The van der Waals surface area contributed by atoms with Crippen molar-refractivity contribution >= 4 is 40.7 Å². The number of hydrogen-bond acceptors (Lipinski definition) is 8. The first-order valence-corrected chi connectivity index (χ1v) is 17.4. The van der Waals surface area contributed by atoms with Gasteiger partial charge < -0.3 is 34.7 Å². The van der Waals surface area contributed by atoms with Crippen LogP contribution in [0.25, 0.3) is 10.9 Å². The quantitative estimate of drug-likeness (QED) is 0.232. The number of amides is 4. The van der Waals surface area contributed by atoms with Crippen molar-refractivity contribution in [2.45, 2.75) is 117 Å². The molecule has 0 saturated heterocycles. The zero-order chi connectivity index (χ0) is 37.9. The molecular weight excluding hydrogens is 642 g/mol. The van der Waals surface area contributed by atoms with Gasteiger partial charge in [0.25, 0.3) is 0 Å². The maximum absolute atomic E-state index is 14.5. The van der Waals surface area contributed by atoms with Crippen molar-refractivity contribution in [3.63, 3.8) is 0 Å². The SMILES string of the molecule is CCC[C@@H](C)C[C@H](NC(=O)[C@H](Cc1cn(OC)c2ccccc12)N(C)C(=O)[C@H](CC(C)C)NC(=O)OC(C)(C)C)C(=O)N(C)[C@@H](C)C(=O)OC. The van der Waals surface area contributed by atoms with E-state index < -0.39 is 59.6 Å². The Balaban J connectivity index is 2.60. The van der Waals surface area contributed by atoms with Crippen LogP contribution in [-0.2, 0) is 35.1 Å². The molecular formula is C37H59N5O8. The summed E-state index contributed by atoms with van der Waals surface area (Å²) in [7, 11) is 5.81. The summed E-state index contributed by atoms with van der Waals surface area (Å²) < 4.78 is 11.9. The van der Waals surface area contributed by atoms with Gasteiger partial charge in [0.05, 0.1) is 12.6 Å². The summed E-state index contributed by atoms with van der Waals surface area (Å²) in [6.45, 7) is 14.7. The highest BCUT2D eigenvalue weighted by Gasteiger charge is 2.37. The molecule has 0 bridgehead atoms. The molecule has 0 fully saturated rings. The molecule has 0 aliphatic carbocycles. The normalized spacial score (nSPS) is 14.6. The van der Waals surface area contributed by atoms with Crippen LogP contribution in [0.15, 0.2) is 30.5 Å². The zero-order valence-corrected chi connectivity index (χ0v) is 32.0. The Morgan fingerprint density at radius 3 is 2.04 bits per heavy atom. The van der Waals surface area contributed by atoms with Gasteiger partial charge in [0.1, 0.15) is 36.9 Å². The number of nitrogens with zero attached hydrogens (tertiary/aromatic N) is 3. The van der Waals surface area contributed by atoms with E-state index in [2.05, 4.69) is 10.6 Å². The molecule has 0 spiro atoms. The molecule has 0 aliphatic heterocycles. The van der Waals surface area contributed by atoms with Crippen LogP contribution in [0.3, 0.4) is 0 Å². The number of fused-ring (bicyclic) bond motifs is 1. The van der Waals surface area contributed by atoms with E-state index in [1.165, 1.54) is 38.1 Å². The minimum absolute atomic E-state index is 0.0219. The number of para-hydroxylation sites is 1. The molecule has 0 aliphatic rings.